The molecule has 1 aromatic heterocycles. The molecule has 2 heterocycles. The number of aromatic nitrogens is 2. The number of hydrogen-bond acceptors (Lipinski definition) is 4. The summed E-state index contributed by atoms with van der Waals surface area (Å²) in [6.45, 7) is 2.27. The zero-order chi connectivity index (χ0) is 20.0. The average Bonchev–Trinajstić information content (AvgIpc) is 2.83. The number of nitrogens with zero attached hydrogens (tertiary/aromatic N) is 3. The van der Waals surface area contributed by atoms with Gasteiger partial charge in [0.25, 0.3) is 5.91 Å². The molecular weight excluding hydrogens is 378 g/mol. The summed E-state index contributed by atoms with van der Waals surface area (Å²) in [5.41, 5.74) is 9.19. The Kier molecular flexibility index (Phi) is 4.31. The first kappa shape index (κ1) is 18.1. The van der Waals surface area contributed by atoms with Gasteiger partial charge in [-0.3, -0.25) is 14.3 Å². The first-order valence-electron chi connectivity index (χ1n) is 8.66. The summed E-state index contributed by atoms with van der Waals surface area (Å²) < 4.78 is 1.77. The van der Waals surface area contributed by atoms with Gasteiger partial charge < -0.3 is 16.0 Å². The van der Waals surface area contributed by atoms with Crippen molar-refractivity contribution in [3.8, 4) is 0 Å². The number of para-hydroxylation sites is 2. The van der Waals surface area contributed by atoms with E-state index in [9.17, 15) is 9.59 Å². The largest absolute Gasteiger partial charge is 0.366 e. The van der Waals surface area contributed by atoms with Gasteiger partial charge in [-0.2, -0.15) is 5.10 Å². The van der Waals surface area contributed by atoms with Gasteiger partial charge in [0.1, 0.15) is 5.82 Å². The lowest BCUT2D eigenvalue weighted by atomic mass is 10.1. The molecule has 8 heteroatoms. The Morgan fingerprint density at radius 1 is 1.21 bits per heavy atom. The predicted octanol–water partition coefficient (Wildman–Crippen LogP) is 3.38. The molecule has 3 N–H and O–H groups in total. The number of primary amides is 1. The second kappa shape index (κ2) is 6.69. The van der Waals surface area contributed by atoms with E-state index in [-0.39, 0.29) is 16.5 Å². The highest BCUT2D eigenvalue weighted by molar-refractivity contribution is 6.34. The van der Waals surface area contributed by atoms with Crippen LogP contribution in [0, 0.1) is 6.92 Å². The second-order valence-corrected chi connectivity index (χ2v) is 7.04. The van der Waals surface area contributed by atoms with Crippen LogP contribution in [0.4, 0.5) is 17.2 Å². The highest BCUT2D eigenvalue weighted by Gasteiger charge is 2.28. The van der Waals surface area contributed by atoms with Crippen molar-refractivity contribution >= 4 is 40.6 Å². The fourth-order valence-electron chi connectivity index (χ4n) is 3.42. The van der Waals surface area contributed by atoms with E-state index >= 15 is 0 Å². The smallest absolute Gasteiger partial charge is 0.258 e. The zero-order valence-corrected chi connectivity index (χ0v) is 16.1. The van der Waals surface area contributed by atoms with Crippen LogP contribution in [-0.2, 0) is 13.6 Å². The van der Waals surface area contributed by atoms with E-state index in [0.717, 1.165) is 28.5 Å². The van der Waals surface area contributed by atoms with Crippen LogP contribution in [0.25, 0.3) is 0 Å². The molecule has 1 aliphatic heterocycles. The molecule has 0 radical (unpaired) electrons. The van der Waals surface area contributed by atoms with E-state index in [1.807, 2.05) is 38.2 Å². The van der Waals surface area contributed by atoms with Crippen LogP contribution < -0.4 is 16.0 Å². The van der Waals surface area contributed by atoms with E-state index in [4.69, 9.17) is 17.3 Å². The monoisotopic (exact) mass is 395 g/mol. The minimum atomic E-state index is -0.635. The van der Waals surface area contributed by atoms with Gasteiger partial charge in [-0.25, -0.2) is 0 Å². The van der Waals surface area contributed by atoms with Crippen molar-refractivity contribution in [1.29, 1.82) is 0 Å². The van der Waals surface area contributed by atoms with Crippen molar-refractivity contribution < 1.29 is 9.59 Å². The molecule has 0 saturated heterocycles. The Labute approximate surface area is 166 Å². The second-order valence-electron chi connectivity index (χ2n) is 6.63. The number of aryl methyl sites for hydroxylation is 2. The van der Waals surface area contributed by atoms with E-state index in [2.05, 4.69) is 10.4 Å². The summed E-state index contributed by atoms with van der Waals surface area (Å²) in [5.74, 6) is -0.0189. The fraction of sp³-hybridized carbons (Fsp3) is 0.150. The van der Waals surface area contributed by atoms with Gasteiger partial charge in [-0.1, -0.05) is 23.7 Å². The number of amides is 2. The van der Waals surface area contributed by atoms with E-state index < -0.39 is 5.91 Å². The number of carbonyl (C=O) groups is 2. The van der Waals surface area contributed by atoms with Crippen LogP contribution in [0.2, 0.25) is 5.02 Å². The minimum absolute atomic E-state index is 0.151. The standard InChI is InChI=1S/C20H18ClN5O2/c1-11-14-10-26(20(28)12-7-8-13(18(22)27)15(21)9-12)17-6-4-3-5-16(17)23-19(14)25(2)24-11/h3-9,23H,10H2,1-2H3,(H2,22,27). The molecule has 4 rings (SSSR count). The van der Waals surface area contributed by atoms with Gasteiger partial charge in [-0.05, 0) is 37.3 Å². The third-order valence-corrected chi connectivity index (χ3v) is 5.15. The summed E-state index contributed by atoms with van der Waals surface area (Å²) in [5, 5.41) is 8.00. The Morgan fingerprint density at radius 2 is 1.96 bits per heavy atom. The molecule has 3 aromatic rings. The number of anilines is 3. The molecule has 7 nitrogen and oxygen atoms in total. The van der Waals surface area contributed by atoms with Gasteiger partial charge >= 0.3 is 0 Å². The normalized spacial score (nSPS) is 12.6. The molecule has 28 heavy (non-hydrogen) atoms. The summed E-state index contributed by atoms with van der Waals surface area (Å²) >= 11 is 6.15. The van der Waals surface area contributed by atoms with Crippen LogP contribution in [-0.4, -0.2) is 21.6 Å². The summed E-state index contributed by atoms with van der Waals surface area (Å²) in [6.07, 6.45) is 0. The van der Waals surface area contributed by atoms with Gasteiger partial charge in [-0.15, -0.1) is 0 Å². The number of fused-ring (bicyclic) bond motifs is 2. The third-order valence-electron chi connectivity index (χ3n) is 4.84. The van der Waals surface area contributed by atoms with Crippen molar-refractivity contribution in [2.75, 3.05) is 10.2 Å². The zero-order valence-electron chi connectivity index (χ0n) is 15.4. The first-order valence-corrected chi connectivity index (χ1v) is 9.04. The quantitative estimate of drug-likeness (QED) is 0.695. The molecule has 0 atom stereocenters. The maximum atomic E-state index is 13.4. The molecule has 2 aromatic carbocycles. The summed E-state index contributed by atoms with van der Waals surface area (Å²) in [6, 6.07) is 12.1. The van der Waals surface area contributed by atoms with Crippen molar-refractivity contribution in [2.45, 2.75) is 13.5 Å². The minimum Gasteiger partial charge on any atom is -0.366 e. The van der Waals surface area contributed by atoms with Crippen molar-refractivity contribution in [2.24, 2.45) is 12.8 Å². The highest BCUT2D eigenvalue weighted by atomic mass is 35.5. The highest BCUT2D eigenvalue weighted by Crippen LogP contribution is 2.37. The lowest BCUT2D eigenvalue weighted by Crippen LogP contribution is -2.30. The van der Waals surface area contributed by atoms with Gasteiger partial charge in [0.15, 0.2) is 0 Å². The van der Waals surface area contributed by atoms with Crippen LogP contribution >= 0.6 is 11.6 Å². The first-order chi connectivity index (χ1) is 13.4. The Morgan fingerprint density at radius 3 is 2.68 bits per heavy atom. The van der Waals surface area contributed by atoms with Crippen LogP contribution in [0.3, 0.4) is 0 Å². The predicted molar refractivity (Wildman–Crippen MR) is 108 cm³/mol. The molecule has 0 aliphatic carbocycles. The molecule has 0 fully saturated rings. The Bertz CT molecular complexity index is 1120. The molecule has 0 saturated carbocycles. The molecule has 142 valence electrons. The van der Waals surface area contributed by atoms with Gasteiger partial charge in [0.2, 0.25) is 5.91 Å². The molecule has 1 aliphatic rings. The maximum absolute atomic E-state index is 13.4. The fourth-order valence-corrected chi connectivity index (χ4v) is 3.69. The van der Waals surface area contributed by atoms with Gasteiger partial charge in [0.05, 0.1) is 34.2 Å². The molecular formula is C20H18ClN5O2. The number of halogens is 1. The maximum Gasteiger partial charge on any atom is 0.258 e. The number of nitrogens with two attached hydrogens (primary N) is 1. The van der Waals surface area contributed by atoms with Gasteiger partial charge in [0, 0.05) is 18.2 Å². The SMILES string of the molecule is Cc1nn(C)c2c1CN(C(=O)c1ccc(C(N)=O)c(Cl)c1)c1ccccc1N2. The number of nitrogens with one attached hydrogen (secondary N) is 1. The molecule has 0 unspecified atom stereocenters. The number of rotatable bonds is 2. The number of hydrogen-bond donors (Lipinski definition) is 2. The van der Waals surface area contributed by atoms with Crippen molar-refractivity contribution in [1.82, 2.24) is 9.78 Å². The molecule has 2 amide bonds. The van der Waals surface area contributed by atoms with Crippen molar-refractivity contribution in [3.63, 3.8) is 0 Å². The lowest BCUT2D eigenvalue weighted by Gasteiger charge is -2.23. The third kappa shape index (κ3) is 2.90. The molecule has 0 spiro atoms. The number of benzene rings is 2. The number of carbonyl (C=O) groups excluding carboxylic acids is 2. The Balaban J connectivity index is 1.81. The van der Waals surface area contributed by atoms with E-state index in [1.165, 1.54) is 12.1 Å². The average molecular weight is 396 g/mol. The Hall–Kier alpha value is -3.32. The lowest BCUT2D eigenvalue weighted by molar-refractivity contribution is 0.0979. The summed E-state index contributed by atoms with van der Waals surface area (Å²) in [7, 11) is 1.86. The van der Waals surface area contributed by atoms with Crippen LogP contribution in [0.15, 0.2) is 42.5 Å². The van der Waals surface area contributed by atoms with E-state index in [0.29, 0.717) is 12.1 Å². The molecule has 0 bridgehead atoms. The van der Waals surface area contributed by atoms with Crippen molar-refractivity contribution in [3.05, 3.63) is 69.9 Å². The summed E-state index contributed by atoms with van der Waals surface area (Å²) in [4.78, 5) is 26.5. The van der Waals surface area contributed by atoms with Crippen LogP contribution in [0.5, 0.6) is 0 Å². The van der Waals surface area contributed by atoms with E-state index in [1.54, 1.807) is 15.6 Å². The van der Waals surface area contributed by atoms with Crippen LogP contribution in [0.1, 0.15) is 32.0 Å². The topological polar surface area (TPSA) is 93.2 Å².